The molecule has 6 heteroatoms. The number of aliphatic hydroxyl groups is 1. The van der Waals surface area contributed by atoms with Crippen molar-refractivity contribution in [2.75, 3.05) is 25.1 Å². The van der Waals surface area contributed by atoms with Crippen molar-refractivity contribution in [3.05, 3.63) is 35.1 Å². The van der Waals surface area contributed by atoms with E-state index in [-0.39, 0.29) is 11.6 Å². The maximum absolute atomic E-state index is 13.6. The summed E-state index contributed by atoms with van der Waals surface area (Å²) in [5.41, 5.74) is -0.187. The van der Waals surface area contributed by atoms with E-state index in [0.717, 1.165) is 24.4 Å². The molecule has 0 aromatic heterocycles. The van der Waals surface area contributed by atoms with Crippen molar-refractivity contribution in [2.45, 2.75) is 12.1 Å². The summed E-state index contributed by atoms with van der Waals surface area (Å²) >= 11 is 1.65. The Morgan fingerprint density at radius 2 is 2.06 bits per heavy atom. The van der Waals surface area contributed by atoms with E-state index in [2.05, 4.69) is 0 Å². The van der Waals surface area contributed by atoms with Crippen LogP contribution in [0.15, 0.2) is 12.1 Å². The Labute approximate surface area is 108 Å². The van der Waals surface area contributed by atoms with Gasteiger partial charge in [0.05, 0.1) is 6.10 Å². The minimum absolute atomic E-state index is 0.187. The average molecular weight is 277 g/mol. The van der Waals surface area contributed by atoms with Crippen molar-refractivity contribution >= 4 is 11.8 Å². The van der Waals surface area contributed by atoms with E-state index >= 15 is 0 Å². The molecular weight excluding hydrogens is 263 g/mol. The molecule has 1 heterocycles. The molecule has 1 aliphatic rings. The summed E-state index contributed by atoms with van der Waals surface area (Å²) in [4.78, 5) is 1.90. The van der Waals surface area contributed by atoms with Crippen LogP contribution >= 0.6 is 11.8 Å². The van der Waals surface area contributed by atoms with Crippen LogP contribution in [0.3, 0.4) is 0 Å². The van der Waals surface area contributed by atoms with Crippen LogP contribution in [0.25, 0.3) is 0 Å². The third kappa shape index (κ3) is 2.50. The highest BCUT2D eigenvalue weighted by atomic mass is 32.2. The number of benzene rings is 1. The van der Waals surface area contributed by atoms with Crippen molar-refractivity contribution in [1.29, 1.82) is 0 Å². The molecule has 0 aliphatic carbocycles. The first-order valence-corrected chi connectivity index (χ1v) is 6.77. The fourth-order valence-corrected chi connectivity index (χ4v) is 3.28. The number of rotatable bonds is 2. The van der Waals surface area contributed by atoms with Gasteiger partial charge in [0, 0.05) is 29.7 Å². The molecule has 1 saturated heterocycles. The van der Waals surface area contributed by atoms with Gasteiger partial charge in [-0.1, -0.05) is 6.07 Å². The predicted molar refractivity (Wildman–Crippen MR) is 65.0 cm³/mol. The van der Waals surface area contributed by atoms with Gasteiger partial charge in [-0.15, -0.1) is 0 Å². The minimum atomic E-state index is -1.53. The molecular formula is C12H14F3NOS. The molecule has 100 valence electrons. The third-order valence-corrected chi connectivity index (χ3v) is 4.24. The Hall–Kier alpha value is -0.720. The summed E-state index contributed by atoms with van der Waals surface area (Å²) < 4.78 is 39.6. The highest BCUT2D eigenvalue weighted by Crippen LogP contribution is 2.29. The average Bonchev–Trinajstić information content (AvgIpc) is 2.36. The van der Waals surface area contributed by atoms with Crippen molar-refractivity contribution in [3.63, 3.8) is 0 Å². The lowest BCUT2D eigenvalue weighted by atomic mass is 10.0. The van der Waals surface area contributed by atoms with Crippen LogP contribution in [-0.4, -0.2) is 41.1 Å². The largest absolute Gasteiger partial charge is 0.387 e. The molecule has 1 aromatic rings. The molecule has 2 unspecified atom stereocenters. The number of hydrogen-bond acceptors (Lipinski definition) is 3. The molecule has 18 heavy (non-hydrogen) atoms. The lowest BCUT2D eigenvalue weighted by molar-refractivity contribution is 0.0723. The fourth-order valence-electron chi connectivity index (χ4n) is 2.01. The van der Waals surface area contributed by atoms with Gasteiger partial charge in [-0.25, -0.2) is 13.2 Å². The zero-order valence-corrected chi connectivity index (χ0v) is 10.7. The highest BCUT2D eigenvalue weighted by Gasteiger charge is 2.30. The van der Waals surface area contributed by atoms with Crippen LogP contribution in [0, 0.1) is 17.5 Å². The molecule has 2 atom stereocenters. The molecule has 1 aliphatic heterocycles. The van der Waals surface area contributed by atoms with Crippen LogP contribution in [0.4, 0.5) is 13.2 Å². The molecule has 1 aromatic carbocycles. The Morgan fingerprint density at radius 1 is 1.33 bits per heavy atom. The predicted octanol–water partition coefficient (Wildman–Crippen LogP) is 2.18. The van der Waals surface area contributed by atoms with E-state index < -0.39 is 23.6 Å². The topological polar surface area (TPSA) is 23.5 Å². The second-order valence-electron chi connectivity index (χ2n) is 4.33. The normalized spacial score (nSPS) is 23.1. The summed E-state index contributed by atoms with van der Waals surface area (Å²) in [6, 6.07) is 1.65. The van der Waals surface area contributed by atoms with E-state index in [1.807, 2.05) is 11.9 Å². The summed E-state index contributed by atoms with van der Waals surface area (Å²) in [7, 11) is 1.82. The van der Waals surface area contributed by atoms with E-state index in [1.165, 1.54) is 0 Å². The van der Waals surface area contributed by atoms with Gasteiger partial charge in [0.15, 0.2) is 17.5 Å². The molecule has 0 saturated carbocycles. The van der Waals surface area contributed by atoms with Crippen molar-refractivity contribution in [3.8, 4) is 0 Å². The Kier molecular flexibility index (Phi) is 4.19. The Morgan fingerprint density at radius 3 is 2.72 bits per heavy atom. The smallest absolute Gasteiger partial charge is 0.194 e. The number of aliphatic hydroxyl groups excluding tert-OH is 1. The quantitative estimate of drug-likeness (QED) is 0.838. The number of hydrogen-bond donors (Lipinski definition) is 1. The summed E-state index contributed by atoms with van der Waals surface area (Å²) in [5, 5.41) is 10.1. The first-order chi connectivity index (χ1) is 8.52. The third-order valence-electron chi connectivity index (χ3n) is 3.19. The van der Waals surface area contributed by atoms with E-state index in [4.69, 9.17) is 0 Å². The van der Waals surface area contributed by atoms with E-state index in [1.54, 1.807) is 11.8 Å². The van der Waals surface area contributed by atoms with Crippen LogP contribution in [0.2, 0.25) is 0 Å². The molecule has 0 amide bonds. The van der Waals surface area contributed by atoms with Gasteiger partial charge in [0.1, 0.15) is 0 Å². The maximum Gasteiger partial charge on any atom is 0.194 e. The van der Waals surface area contributed by atoms with E-state index in [0.29, 0.717) is 5.75 Å². The molecule has 2 rings (SSSR count). The molecule has 0 bridgehead atoms. The van der Waals surface area contributed by atoms with Gasteiger partial charge in [0.2, 0.25) is 0 Å². The lowest BCUT2D eigenvalue weighted by Crippen LogP contribution is -2.43. The molecule has 0 radical (unpaired) electrons. The van der Waals surface area contributed by atoms with Crippen LogP contribution in [0.1, 0.15) is 11.7 Å². The van der Waals surface area contributed by atoms with Gasteiger partial charge in [-0.05, 0) is 13.1 Å². The zero-order chi connectivity index (χ0) is 13.3. The van der Waals surface area contributed by atoms with Crippen LogP contribution < -0.4 is 0 Å². The summed E-state index contributed by atoms with van der Waals surface area (Å²) in [5.74, 6) is -2.49. The summed E-state index contributed by atoms with van der Waals surface area (Å²) in [6.45, 7) is 0.775. The Balaban J connectivity index is 2.28. The van der Waals surface area contributed by atoms with Crippen LogP contribution in [-0.2, 0) is 0 Å². The summed E-state index contributed by atoms with van der Waals surface area (Å²) in [6.07, 6.45) is -1.15. The van der Waals surface area contributed by atoms with Crippen molar-refractivity contribution in [2.24, 2.45) is 0 Å². The number of thioether (sulfide) groups is 1. The molecule has 1 fully saturated rings. The molecule has 1 N–H and O–H groups in total. The van der Waals surface area contributed by atoms with Gasteiger partial charge >= 0.3 is 0 Å². The number of likely N-dealkylation sites (N-methyl/N-ethyl adjacent to an activating group) is 1. The maximum atomic E-state index is 13.6. The second-order valence-corrected chi connectivity index (χ2v) is 5.48. The van der Waals surface area contributed by atoms with Gasteiger partial charge in [-0.2, -0.15) is 11.8 Å². The first kappa shape index (κ1) is 13.7. The van der Waals surface area contributed by atoms with Crippen LogP contribution in [0.5, 0.6) is 0 Å². The Bertz CT molecular complexity index is 444. The van der Waals surface area contributed by atoms with Crippen molar-refractivity contribution in [1.82, 2.24) is 4.90 Å². The minimum Gasteiger partial charge on any atom is -0.387 e. The highest BCUT2D eigenvalue weighted by molar-refractivity contribution is 7.99. The molecule has 2 nitrogen and oxygen atoms in total. The standard InChI is InChI=1S/C12H14F3NOS/c1-16-4-5-18-6-9(16)12(17)7-2-3-8(13)11(15)10(7)14/h2-3,9,12,17H,4-6H2,1H3. The SMILES string of the molecule is CN1CCSCC1C(O)c1ccc(F)c(F)c1F. The monoisotopic (exact) mass is 277 g/mol. The fraction of sp³-hybridized carbons (Fsp3) is 0.500. The van der Waals surface area contributed by atoms with Gasteiger partial charge in [-0.3, -0.25) is 4.90 Å². The first-order valence-electron chi connectivity index (χ1n) is 5.62. The van der Waals surface area contributed by atoms with Gasteiger partial charge in [0.25, 0.3) is 0 Å². The van der Waals surface area contributed by atoms with Crippen molar-refractivity contribution < 1.29 is 18.3 Å². The number of nitrogens with zero attached hydrogens (tertiary/aromatic N) is 1. The zero-order valence-electron chi connectivity index (χ0n) is 9.87. The lowest BCUT2D eigenvalue weighted by Gasteiger charge is -2.35. The van der Waals surface area contributed by atoms with Gasteiger partial charge < -0.3 is 5.11 Å². The molecule has 0 spiro atoms. The number of halogens is 3. The second kappa shape index (κ2) is 5.50. The van der Waals surface area contributed by atoms with E-state index in [9.17, 15) is 18.3 Å².